The molecule has 8 heteroatoms. The van der Waals surface area contributed by atoms with Gasteiger partial charge in [0, 0.05) is 38.9 Å². The van der Waals surface area contributed by atoms with Crippen molar-refractivity contribution < 1.29 is 9.18 Å². The van der Waals surface area contributed by atoms with Gasteiger partial charge in [0.05, 0.1) is 12.9 Å². The first-order valence-corrected chi connectivity index (χ1v) is 8.39. The van der Waals surface area contributed by atoms with E-state index in [-0.39, 0.29) is 18.4 Å². The van der Waals surface area contributed by atoms with Gasteiger partial charge in [-0.25, -0.2) is 19.3 Å². The number of aryl methyl sites for hydroxylation is 1. The number of imidazole rings is 1. The van der Waals surface area contributed by atoms with Crippen LogP contribution in [0, 0.1) is 5.92 Å². The van der Waals surface area contributed by atoms with Crippen LogP contribution in [-0.2, 0) is 11.8 Å². The van der Waals surface area contributed by atoms with Crippen LogP contribution in [0.2, 0.25) is 0 Å². The zero-order valence-electron chi connectivity index (χ0n) is 13.7. The molecule has 2 aromatic heterocycles. The lowest BCUT2D eigenvalue weighted by Crippen LogP contribution is -2.48. The maximum atomic E-state index is 14.9. The van der Waals surface area contributed by atoms with Crippen LogP contribution < -0.4 is 10.2 Å². The first kappa shape index (κ1) is 15.3. The Morgan fingerprint density at radius 1 is 1.33 bits per heavy atom. The van der Waals surface area contributed by atoms with Gasteiger partial charge in [-0.1, -0.05) is 0 Å². The topological polar surface area (TPSA) is 75.9 Å². The number of halogens is 1. The average Bonchev–Trinajstić information content (AvgIpc) is 3.37. The Morgan fingerprint density at radius 3 is 2.79 bits per heavy atom. The number of fused-ring (bicyclic) bond motifs is 1. The van der Waals surface area contributed by atoms with Crippen LogP contribution in [0.25, 0.3) is 11.2 Å². The SMILES string of the molecule is Cn1cnc2c(N3CCC(F)(CNC(=O)C4CC4)CC3)ncnc21. The number of nitrogens with one attached hydrogen (secondary N) is 1. The molecule has 1 N–H and O–H groups in total. The molecular formula is C16H21FN6O. The molecule has 2 aromatic rings. The largest absolute Gasteiger partial charge is 0.354 e. The number of aromatic nitrogens is 4. The summed E-state index contributed by atoms with van der Waals surface area (Å²) in [4.78, 5) is 26.7. The molecule has 24 heavy (non-hydrogen) atoms. The third-order valence-electron chi connectivity index (χ3n) is 4.96. The summed E-state index contributed by atoms with van der Waals surface area (Å²) in [5.74, 6) is 0.872. The monoisotopic (exact) mass is 332 g/mol. The molecule has 4 rings (SSSR count). The first-order valence-electron chi connectivity index (χ1n) is 8.39. The van der Waals surface area contributed by atoms with Crippen molar-refractivity contribution in [2.24, 2.45) is 13.0 Å². The number of hydrogen-bond donors (Lipinski definition) is 1. The van der Waals surface area contributed by atoms with Crippen LogP contribution in [0.5, 0.6) is 0 Å². The highest BCUT2D eigenvalue weighted by atomic mass is 19.1. The van der Waals surface area contributed by atoms with Crippen LogP contribution in [0.1, 0.15) is 25.7 Å². The second-order valence-electron chi connectivity index (χ2n) is 6.85. The van der Waals surface area contributed by atoms with E-state index < -0.39 is 5.67 Å². The minimum atomic E-state index is -1.34. The number of rotatable bonds is 4. The minimum Gasteiger partial charge on any atom is -0.354 e. The second-order valence-corrected chi connectivity index (χ2v) is 6.85. The molecule has 2 fully saturated rings. The molecule has 0 radical (unpaired) electrons. The van der Waals surface area contributed by atoms with Crippen LogP contribution in [0.3, 0.4) is 0 Å². The minimum absolute atomic E-state index is 0.000416. The van der Waals surface area contributed by atoms with Crippen molar-refractivity contribution in [2.45, 2.75) is 31.4 Å². The van der Waals surface area contributed by atoms with Crippen LogP contribution in [0.4, 0.5) is 10.2 Å². The molecule has 0 bridgehead atoms. The van der Waals surface area contributed by atoms with E-state index in [0.717, 1.165) is 29.8 Å². The van der Waals surface area contributed by atoms with Gasteiger partial charge in [0.2, 0.25) is 5.91 Å². The van der Waals surface area contributed by atoms with Crippen LogP contribution >= 0.6 is 0 Å². The highest BCUT2D eigenvalue weighted by Crippen LogP contribution is 2.32. The van der Waals surface area contributed by atoms with Gasteiger partial charge in [-0.3, -0.25) is 4.79 Å². The number of nitrogens with zero attached hydrogens (tertiary/aromatic N) is 5. The molecule has 0 spiro atoms. The summed E-state index contributed by atoms with van der Waals surface area (Å²) in [6.07, 6.45) is 5.85. The summed E-state index contributed by atoms with van der Waals surface area (Å²) in [7, 11) is 1.89. The summed E-state index contributed by atoms with van der Waals surface area (Å²) < 4.78 is 16.8. The number of piperidine rings is 1. The Hall–Kier alpha value is -2.25. The van der Waals surface area contributed by atoms with Crippen molar-refractivity contribution in [3.63, 3.8) is 0 Å². The zero-order valence-corrected chi connectivity index (χ0v) is 13.7. The van der Waals surface area contributed by atoms with Gasteiger partial charge < -0.3 is 14.8 Å². The quantitative estimate of drug-likeness (QED) is 0.910. The molecular weight excluding hydrogens is 311 g/mol. The third kappa shape index (κ3) is 2.81. The predicted molar refractivity (Wildman–Crippen MR) is 87.3 cm³/mol. The van der Waals surface area contributed by atoms with E-state index in [2.05, 4.69) is 25.2 Å². The molecule has 1 aliphatic heterocycles. The second kappa shape index (κ2) is 5.68. The van der Waals surface area contributed by atoms with Gasteiger partial charge >= 0.3 is 0 Å². The maximum Gasteiger partial charge on any atom is 0.223 e. The highest BCUT2D eigenvalue weighted by Gasteiger charge is 2.37. The Kier molecular flexibility index (Phi) is 3.62. The summed E-state index contributed by atoms with van der Waals surface area (Å²) >= 11 is 0. The van der Waals surface area contributed by atoms with Crippen molar-refractivity contribution in [3.8, 4) is 0 Å². The highest BCUT2D eigenvalue weighted by molar-refractivity contribution is 5.83. The van der Waals surface area contributed by atoms with Crippen molar-refractivity contribution in [3.05, 3.63) is 12.7 Å². The van der Waals surface area contributed by atoms with E-state index in [1.165, 1.54) is 6.33 Å². The van der Waals surface area contributed by atoms with Gasteiger partial charge in [0.15, 0.2) is 17.0 Å². The molecule has 128 valence electrons. The summed E-state index contributed by atoms with van der Waals surface area (Å²) in [5.41, 5.74) is 0.180. The first-order chi connectivity index (χ1) is 11.6. The smallest absolute Gasteiger partial charge is 0.223 e. The number of carbonyl (C=O) groups is 1. The van der Waals surface area contributed by atoms with Gasteiger partial charge in [-0.15, -0.1) is 0 Å². The molecule has 2 aliphatic rings. The zero-order chi connectivity index (χ0) is 16.7. The third-order valence-corrected chi connectivity index (χ3v) is 4.96. The number of amides is 1. The Morgan fingerprint density at radius 2 is 2.08 bits per heavy atom. The fourth-order valence-electron chi connectivity index (χ4n) is 3.20. The van der Waals surface area contributed by atoms with Gasteiger partial charge in [0.25, 0.3) is 0 Å². The standard InChI is InChI=1S/C16H21FN6O/c1-22-10-21-12-13(22)19-9-20-14(12)23-6-4-16(17,5-7-23)8-18-15(24)11-2-3-11/h9-11H,2-8H2,1H3,(H,18,24). The van der Waals surface area contributed by atoms with E-state index in [0.29, 0.717) is 25.9 Å². The van der Waals surface area contributed by atoms with Crippen LogP contribution in [0.15, 0.2) is 12.7 Å². The van der Waals surface area contributed by atoms with Crippen molar-refractivity contribution in [2.75, 3.05) is 24.5 Å². The molecule has 1 saturated heterocycles. The van der Waals surface area contributed by atoms with Gasteiger partial charge in [-0.2, -0.15) is 0 Å². The molecule has 0 aromatic carbocycles. The van der Waals surface area contributed by atoms with Crippen molar-refractivity contribution in [1.29, 1.82) is 0 Å². The predicted octanol–water partition coefficient (Wildman–Crippen LogP) is 1.20. The number of carbonyl (C=O) groups excluding carboxylic acids is 1. The average molecular weight is 332 g/mol. The van der Waals surface area contributed by atoms with E-state index in [1.54, 1.807) is 6.33 Å². The molecule has 1 aliphatic carbocycles. The number of hydrogen-bond acceptors (Lipinski definition) is 5. The molecule has 3 heterocycles. The molecule has 0 unspecified atom stereocenters. The Balaban J connectivity index is 1.42. The Labute approximate surface area is 139 Å². The Bertz CT molecular complexity index is 763. The van der Waals surface area contributed by atoms with Gasteiger partial charge in [-0.05, 0) is 12.8 Å². The molecule has 7 nitrogen and oxygen atoms in total. The fraction of sp³-hybridized carbons (Fsp3) is 0.625. The lowest BCUT2D eigenvalue weighted by molar-refractivity contribution is -0.123. The lowest BCUT2D eigenvalue weighted by Gasteiger charge is -2.37. The normalized spacial score (nSPS) is 20.3. The summed E-state index contributed by atoms with van der Waals surface area (Å²) in [5, 5.41) is 2.77. The maximum absolute atomic E-state index is 14.9. The van der Waals surface area contributed by atoms with Crippen LogP contribution in [-0.4, -0.2) is 50.7 Å². The molecule has 1 amide bonds. The number of alkyl halides is 1. The molecule has 0 atom stereocenters. The van der Waals surface area contributed by atoms with E-state index in [4.69, 9.17) is 0 Å². The molecule has 1 saturated carbocycles. The van der Waals surface area contributed by atoms with E-state index >= 15 is 0 Å². The summed E-state index contributed by atoms with van der Waals surface area (Å²) in [6, 6.07) is 0. The number of anilines is 1. The van der Waals surface area contributed by atoms with E-state index in [1.807, 2.05) is 11.6 Å². The van der Waals surface area contributed by atoms with Crippen molar-refractivity contribution in [1.82, 2.24) is 24.8 Å². The summed E-state index contributed by atoms with van der Waals surface area (Å²) in [6.45, 7) is 1.22. The lowest BCUT2D eigenvalue weighted by atomic mass is 9.93. The van der Waals surface area contributed by atoms with Gasteiger partial charge in [0.1, 0.15) is 12.0 Å². The van der Waals surface area contributed by atoms with E-state index in [9.17, 15) is 9.18 Å². The van der Waals surface area contributed by atoms with Crippen molar-refractivity contribution >= 4 is 22.9 Å². The fourth-order valence-corrected chi connectivity index (χ4v) is 3.20.